The van der Waals surface area contributed by atoms with Crippen molar-refractivity contribution in [2.45, 2.75) is 33.0 Å². The van der Waals surface area contributed by atoms with Crippen molar-refractivity contribution < 1.29 is 31.9 Å². The normalized spacial score (nSPS) is 11.1. The lowest BCUT2D eigenvalue weighted by Crippen LogP contribution is -2.21. The molecule has 4 N–H and O–H groups in total. The number of halogens is 5. The molecule has 0 amide bonds. The Morgan fingerprint density at radius 2 is 1.75 bits per heavy atom. The van der Waals surface area contributed by atoms with Crippen LogP contribution in [0.4, 0.5) is 22.0 Å². The quantitative estimate of drug-likeness (QED) is 0.286. The first-order chi connectivity index (χ1) is 18.8. The molecular formula is C25H24F5N7O3. The van der Waals surface area contributed by atoms with Gasteiger partial charge in [0, 0.05) is 48.6 Å². The van der Waals surface area contributed by atoms with Crippen molar-refractivity contribution >= 4 is 5.97 Å². The third-order valence-electron chi connectivity index (χ3n) is 5.62. The molecule has 4 rings (SSSR count). The number of nitrogens with two attached hydrogens (primary N) is 1. The number of rotatable bonds is 7. The monoisotopic (exact) mass is 565 g/mol. The lowest BCUT2D eigenvalue weighted by molar-refractivity contribution is -0.192. The van der Waals surface area contributed by atoms with E-state index in [0.717, 1.165) is 28.8 Å². The zero-order chi connectivity index (χ0) is 29.6. The number of aromatic amines is 1. The molecule has 212 valence electrons. The first-order valence-corrected chi connectivity index (χ1v) is 11.6. The van der Waals surface area contributed by atoms with Gasteiger partial charge in [-0.15, -0.1) is 0 Å². The van der Waals surface area contributed by atoms with Crippen molar-refractivity contribution in [2.75, 3.05) is 6.54 Å². The second-order valence-electron chi connectivity index (χ2n) is 8.36. The third-order valence-corrected chi connectivity index (χ3v) is 5.62. The molecule has 0 aliphatic heterocycles. The highest BCUT2D eigenvalue weighted by molar-refractivity contribution is 5.73. The van der Waals surface area contributed by atoms with Gasteiger partial charge in [0.15, 0.2) is 0 Å². The number of carboxylic acids is 1. The minimum atomic E-state index is -5.08. The van der Waals surface area contributed by atoms with Gasteiger partial charge in [-0.2, -0.15) is 32.1 Å². The Labute approximate surface area is 223 Å². The Morgan fingerprint density at radius 3 is 2.27 bits per heavy atom. The highest BCUT2D eigenvalue weighted by Gasteiger charge is 2.38. The summed E-state index contributed by atoms with van der Waals surface area (Å²) in [6, 6.07) is 9.89. The fourth-order valence-electron chi connectivity index (χ4n) is 3.60. The van der Waals surface area contributed by atoms with E-state index in [4.69, 9.17) is 15.6 Å². The molecule has 10 nitrogen and oxygen atoms in total. The maximum atomic E-state index is 13.1. The summed E-state index contributed by atoms with van der Waals surface area (Å²) in [5, 5.41) is 17.7. The molecule has 0 aliphatic carbocycles. The third kappa shape index (κ3) is 7.05. The van der Waals surface area contributed by atoms with Gasteiger partial charge in [-0.25, -0.2) is 24.2 Å². The van der Waals surface area contributed by atoms with Crippen LogP contribution in [-0.2, 0) is 17.8 Å². The summed E-state index contributed by atoms with van der Waals surface area (Å²) in [5.74, 6) is -2.32. The van der Waals surface area contributed by atoms with Crippen molar-refractivity contribution in [2.24, 2.45) is 5.73 Å². The fraction of sp³-hybridized carbons (Fsp3) is 0.240. The van der Waals surface area contributed by atoms with E-state index in [1.807, 2.05) is 54.3 Å². The number of hydrogen-bond acceptors (Lipinski definition) is 6. The van der Waals surface area contributed by atoms with Crippen LogP contribution in [0, 0.1) is 6.92 Å². The van der Waals surface area contributed by atoms with E-state index in [-0.39, 0.29) is 24.4 Å². The summed E-state index contributed by atoms with van der Waals surface area (Å²) in [7, 11) is 0. The Hall–Kier alpha value is -4.66. The average Bonchev–Trinajstić information content (AvgIpc) is 3.53. The Kier molecular flexibility index (Phi) is 9.31. The number of nitrogens with zero attached hydrogens (tertiary/aromatic N) is 5. The minimum absolute atomic E-state index is 0.117. The lowest BCUT2D eigenvalue weighted by Gasteiger charge is -2.11. The molecule has 0 radical (unpaired) electrons. The van der Waals surface area contributed by atoms with Crippen LogP contribution in [0.15, 0.2) is 65.4 Å². The van der Waals surface area contributed by atoms with Crippen molar-refractivity contribution in [3.63, 3.8) is 0 Å². The highest BCUT2D eigenvalue weighted by Crippen LogP contribution is 2.27. The van der Waals surface area contributed by atoms with E-state index in [1.165, 1.54) is 4.57 Å². The first kappa shape index (κ1) is 29.9. The number of hydrogen-bond donors (Lipinski definition) is 3. The molecule has 0 fully saturated rings. The van der Waals surface area contributed by atoms with Crippen LogP contribution in [0.5, 0.6) is 0 Å². The molecule has 15 heteroatoms. The molecule has 3 aromatic heterocycles. The molecule has 0 bridgehead atoms. The van der Waals surface area contributed by atoms with Gasteiger partial charge in [0.2, 0.25) is 0 Å². The zero-order valence-electron chi connectivity index (χ0n) is 21.2. The van der Waals surface area contributed by atoms with Gasteiger partial charge < -0.3 is 10.8 Å². The second-order valence-corrected chi connectivity index (χ2v) is 8.36. The Morgan fingerprint density at radius 1 is 1.10 bits per heavy atom. The molecule has 3 heterocycles. The number of alkyl halides is 3. The van der Waals surface area contributed by atoms with E-state index < -0.39 is 23.9 Å². The van der Waals surface area contributed by atoms with Gasteiger partial charge in [0.05, 0.1) is 6.20 Å². The summed E-state index contributed by atoms with van der Waals surface area (Å²) >= 11 is 0. The zero-order valence-corrected chi connectivity index (χ0v) is 21.2. The van der Waals surface area contributed by atoms with E-state index in [9.17, 15) is 26.7 Å². The molecule has 4 aromatic rings. The molecule has 0 atom stereocenters. The van der Waals surface area contributed by atoms with E-state index in [1.54, 1.807) is 13.1 Å². The molecule has 0 saturated heterocycles. The summed E-state index contributed by atoms with van der Waals surface area (Å²) in [4.78, 5) is 25.7. The van der Waals surface area contributed by atoms with Crippen molar-refractivity contribution in [1.82, 2.24) is 29.5 Å². The van der Waals surface area contributed by atoms with Gasteiger partial charge in [0.25, 0.3) is 6.08 Å². The van der Waals surface area contributed by atoms with Gasteiger partial charge in [-0.3, -0.25) is 4.68 Å². The predicted octanol–water partition coefficient (Wildman–Crippen LogP) is 4.10. The predicted molar refractivity (Wildman–Crippen MR) is 135 cm³/mol. The van der Waals surface area contributed by atoms with Crippen LogP contribution < -0.4 is 11.4 Å². The number of nitrogens with one attached hydrogen (secondary N) is 1. The summed E-state index contributed by atoms with van der Waals surface area (Å²) in [5.41, 5.74) is 9.11. The van der Waals surface area contributed by atoms with E-state index in [2.05, 4.69) is 20.3 Å². The molecular weight excluding hydrogens is 541 g/mol. The largest absolute Gasteiger partial charge is 0.490 e. The van der Waals surface area contributed by atoms with E-state index >= 15 is 0 Å². The number of carboxylic acid groups (broad SMARTS) is 1. The van der Waals surface area contributed by atoms with Crippen LogP contribution in [-0.4, -0.2) is 53.3 Å². The lowest BCUT2D eigenvalue weighted by atomic mass is 10.0. The van der Waals surface area contributed by atoms with Crippen molar-refractivity contribution in [3.8, 4) is 28.1 Å². The van der Waals surface area contributed by atoms with E-state index in [0.29, 0.717) is 11.4 Å². The van der Waals surface area contributed by atoms with Crippen LogP contribution in [0.1, 0.15) is 18.3 Å². The number of aryl methyl sites for hydroxylation is 2. The van der Waals surface area contributed by atoms with Gasteiger partial charge in [-0.1, -0.05) is 18.2 Å². The van der Waals surface area contributed by atoms with Crippen molar-refractivity contribution in [3.05, 3.63) is 82.4 Å². The topological polar surface area (TPSA) is 145 Å². The molecule has 0 spiro atoms. The second kappa shape index (κ2) is 12.5. The van der Waals surface area contributed by atoms with Crippen LogP contribution >= 0.6 is 0 Å². The first-order valence-electron chi connectivity index (χ1n) is 11.6. The minimum Gasteiger partial charge on any atom is -0.475 e. The van der Waals surface area contributed by atoms with Crippen LogP contribution in [0.2, 0.25) is 0 Å². The number of pyridine rings is 1. The SMILES string of the molecule is CCn1cc(-c2cccc(-c3cnc(-n4c(CC(CN)=C(F)F)n[nH]c4=O)c(C)c3)c2)cn1.O=C(O)C(F)(F)F. The Bertz CT molecular complexity index is 1580. The molecule has 1 aromatic carbocycles. The smallest absolute Gasteiger partial charge is 0.475 e. The summed E-state index contributed by atoms with van der Waals surface area (Å²) in [6.07, 6.45) is -1.75. The number of aromatic nitrogens is 6. The fourth-order valence-corrected chi connectivity index (χ4v) is 3.60. The van der Waals surface area contributed by atoms with Gasteiger partial charge >= 0.3 is 17.8 Å². The van der Waals surface area contributed by atoms with Crippen LogP contribution in [0.25, 0.3) is 28.1 Å². The number of aliphatic carboxylic acids is 1. The molecule has 0 aliphatic rings. The molecule has 0 unspecified atom stereocenters. The van der Waals surface area contributed by atoms with Gasteiger partial charge in [0.1, 0.15) is 11.6 Å². The number of carbonyl (C=O) groups is 1. The van der Waals surface area contributed by atoms with Gasteiger partial charge in [-0.05, 0) is 42.7 Å². The van der Waals surface area contributed by atoms with Crippen molar-refractivity contribution in [1.29, 1.82) is 0 Å². The standard InChI is InChI=1S/C23H23F2N7O.C2HF3O2/c1-3-31-13-19(12-28-31)16-6-4-5-15(8-16)18-7-14(2)22(27-11-18)32-20(29-30-23(32)33)9-17(10-26)21(24)25;3-2(4,5)1(6)7/h4-8,11-13H,3,9-10,26H2,1-2H3,(H,30,33);(H,6,7). The average molecular weight is 566 g/mol. The summed E-state index contributed by atoms with van der Waals surface area (Å²) < 4.78 is 61.0. The molecule has 0 saturated carbocycles. The maximum Gasteiger partial charge on any atom is 0.490 e. The number of H-pyrrole nitrogens is 1. The van der Waals surface area contributed by atoms with Crippen LogP contribution in [0.3, 0.4) is 0 Å². The number of benzene rings is 1. The Balaban J connectivity index is 0.000000559. The summed E-state index contributed by atoms with van der Waals surface area (Å²) in [6.45, 7) is 4.29. The maximum absolute atomic E-state index is 13.1. The highest BCUT2D eigenvalue weighted by atomic mass is 19.4. The molecule has 40 heavy (non-hydrogen) atoms.